The van der Waals surface area contributed by atoms with Crippen LogP contribution in [-0.2, 0) is 18.0 Å². The van der Waals surface area contributed by atoms with Crippen LogP contribution in [0.1, 0.15) is 5.56 Å². The third-order valence-corrected chi connectivity index (χ3v) is 3.96. The minimum absolute atomic E-state index is 0.151. The average molecular weight is 312 g/mol. The normalized spacial score (nSPS) is 16.4. The topological polar surface area (TPSA) is 41.4 Å². The van der Waals surface area contributed by atoms with E-state index in [4.69, 9.17) is 0 Å². The quantitative estimate of drug-likeness (QED) is 0.795. The highest BCUT2D eigenvalue weighted by molar-refractivity contribution is 5.92. The van der Waals surface area contributed by atoms with Crippen LogP contribution in [0.15, 0.2) is 18.5 Å². The lowest BCUT2D eigenvalue weighted by Gasteiger charge is -2.33. The predicted molar refractivity (Wildman–Crippen MR) is 75.6 cm³/mol. The summed E-state index contributed by atoms with van der Waals surface area (Å²) in [5.41, 5.74) is -0.257. The zero-order valence-corrected chi connectivity index (χ0v) is 12.0. The third-order valence-electron chi connectivity index (χ3n) is 3.96. The first kappa shape index (κ1) is 14.7. The molecule has 0 aliphatic carbocycles. The number of amides is 1. The molecule has 3 rings (SSSR count). The van der Waals surface area contributed by atoms with E-state index in [1.54, 1.807) is 22.7 Å². The summed E-state index contributed by atoms with van der Waals surface area (Å²) in [6.07, 6.45) is -1.15. The van der Waals surface area contributed by atoms with Gasteiger partial charge in [0.1, 0.15) is 0 Å². The molecule has 0 radical (unpaired) electrons. The average Bonchev–Trinajstić information content (AvgIpc) is 2.88. The van der Waals surface area contributed by atoms with Crippen molar-refractivity contribution in [3.63, 3.8) is 0 Å². The number of piperazine rings is 1. The molecule has 0 atom stereocenters. The number of anilines is 1. The van der Waals surface area contributed by atoms with E-state index in [0.717, 1.165) is 12.6 Å². The number of hydrogen-bond donors (Lipinski definition) is 0. The number of halogens is 3. The van der Waals surface area contributed by atoms with E-state index < -0.39 is 11.7 Å². The fourth-order valence-electron chi connectivity index (χ4n) is 2.78. The van der Waals surface area contributed by atoms with Gasteiger partial charge in [-0.15, -0.1) is 0 Å². The summed E-state index contributed by atoms with van der Waals surface area (Å²) in [6, 6.07) is 1.46. The van der Waals surface area contributed by atoms with Crippen molar-refractivity contribution in [1.29, 1.82) is 0 Å². The Morgan fingerprint density at radius 2 is 1.91 bits per heavy atom. The first-order chi connectivity index (χ1) is 10.4. The van der Waals surface area contributed by atoms with Crippen molar-refractivity contribution in [2.45, 2.75) is 6.18 Å². The summed E-state index contributed by atoms with van der Waals surface area (Å²) in [5, 5.41) is 0.151. The second-order valence-electron chi connectivity index (χ2n) is 5.31. The molecule has 3 heterocycles. The molecule has 0 spiro atoms. The van der Waals surface area contributed by atoms with Gasteiger partial charge in [0.25, 0.3) is 0 Å². The molecule has 1 fully saturated rings. The van der Waals surface area contributed by atoms with Gasteiger partial charge in [-0.05, 0) is 6.07 Å². The SMILES string of the molecule is Cn1ccc2c(C(F)(F)F)cnc(N3CCN(C=O)CC3)c21. The van der Waals surface area contributed by atoms with Gasteiger partial charge in [0, 0.05) is 51.0 Å². The molecule has 2 aromatic heterocycles. The van der Waals surface area contributed by atoms with Crippen LogP contribution in [0.3, 0.4) is 0 Å². The minimum Gasteiger partial charge on any atom is -0.351 e. The summed E-state index contributed by atoms with van der Waals surface area (Å²) in [6.45, 7) is 2.19. The zero-order valence-electron chi connectivity index (χ0n) is 12.0. The van der Waals surface area contributed by atoms with E-state index in [2.05, 4.69) is 4.98 Å². The van der Waals surface area contributed by atoms with E-state index >= 15 is 0 Å². The van der Waals surface area contributed by atoms with Crippen molar-refractivity contribution in [2.75, 3.05) is 31.1 Å². The molecule has 1 amide bonds. The van der Waals surface area contributed by atoms with Crippen LogP contribution in [0.4, 0.5) is 19.0 Å². The number of fused-ring (bicyclic) bond motifs is 1. The summed E-state index contributed by atoms with van der Waals surface area (Å²) in [7, 11) is 1.70. The van der Waals surface area contributed by atoms with E-state index in [-0.39, 0.29) is 5.39 Å². The Morgan fingerprint density at radius 1 is 1.23 bits per heavy atom. The number of aromatic nitrogens is 2. The Bertz CT molecular complexity index is 702. The highest BCUT2D eigenvalue weighted by Gasteiger charge is 2.35. The second-order valence-corrected chi connectivity index (χ2v) is 5.31. The highest BCUT2D eigenvalue weighted by Crippen LogP contribution is 2.37. The number of alkyl halides is 3. The first-order valence-electron chi connectivity index (χ1n) is 6.87. The number of aryl methyl sites for hydroxylation is 1. The van der Waals surface area contributed by atoms with E-state index in [9.17, 15) is 18.0 Å². The Kier molecular flexibility index (Phi) is 3.46. The molecule has 2 aromatic rings. The van der Waals surface area contributed by atoms with Crippen molar-refractivity contribution < 1.29 is 18.0 Å². The fourth-order valence-corrected chi connectivity index (χ4v) is 2.78. The number of nitrogens with zero attached hydrogens (tertiary/aromatic N) is 4. The molecule has 0 N–H and O–H groups in total. The maximum absolute atomic E-state index is 13.1. The van der Waals surface area contributed by atoms with Crippen molar-refractivity contribution in [3.05, 3.63) is 24.0 Å². The lowest BCUT2D eigenvalue weighted by atomic mass is 10.1. The van der Waals surface area contributed by atoms with Gasteiger partial charge in [0.2, 0.25) is 6.41 Å². The molecular formula is C14H15F3N4O. The highest BCUT2D eigenvalue weighted by atomic mass is 19.4. The molecule has 5 nitrogen and oxygen atoms in total. The number of carbonyl (C=O) groups excluding carboxylic acids is 1. The van der Waals surface area contributed by atoms with Gasteiger partial charge in [-0.3, -0.25) is 4.79 Å². The molecule has 0 aromatic carbocycles. The minimum atomic E-state index is -4.43. The summed E-state index contributed by atoms with van der Waals surface area (Å²) in [4.78, 5) is 18.4. The summed E-state index contributed by atoms with van der Waals surface area (Å²) >= 11 is 0. The Labute approximate surface area is 124 Å². The standard InChI is InChI=1S/C14H15F3N4O/c1-19-3-2-10-11(14(15,16)17)8-18-13(12(10)19)21-6-4-20(9-22)5-7-21/h2-3,8-9H,4-7H2,1H3. The number of hydrogen-bond acceptors (Lipinski definition) is 3. The lowest BCUT2D eigenvalue weighted by molar-refractivity contribution is -0.136. The van der Waals surface area contributed by atoms with Gasteiger partial charge in [0.05, 0.1) is 11.1 Å². The molecule has 8 heteroatoms. The van der Waals surface area contributed by atoms with Crippen LogP contribution < -0.4 is 4.90 Å². The van der Waals surface area contributed by atoms with Crippen molar-refractivity contribution in [1.82, 2.24) is 14.5 Å². The number of rotatable bonds is 2. The largest absolute Gasteiger partial charge is 0.418 e. The zero-order chi connectivity index (χ0) is 15.9. The van der Waals surface area contributed by atoms with Crippen LogP contribution in [-0.4, -0.2) is 47.0 Å². The number of carbonyl (C=O) groups is 1. The van der Waals surface area contributed by atoms with E-state index in [0.29, 0.717) is 37.5 Å². The molecule has 118 valence electrons. The van der Waals surface area contributed by atoms with Crippen LogP contribution in [0, 0.1) is 0 Å². The molecule has 0 saturated carbocycles. The van der Waals surface area contributed by atoms with E-state index in [1.165, 1.54) is 6.07 Å². The molecular weight excluding hydrogens is 297 g/mol. The molecule has 1 saturated heterocycles. The molecule has 0 bridgehead atoms. The van der Waals surface area contributed by atoms with Gasteiger partial charge >= 0.3 is 6.18 Å². The Morgan fingerprint density at radius 3 is 2.50 bits per heavy atom. The Hall–Kier alpha value is -2.25. The molecule has 22 heavy (non-hydrogen) atoms. The predicted octanol–water partition coefficient (Wildman–Crippen LogP) is 1.87. The van der Waals surface area contributed by atoms with Crippen LogP contribution in [0.2, 0.25) is 0 Å². The van der Waals surface area contributed by atoms with Crippen LogP contribution >= 0.6 is 0 Å². The van der Waals surface area contributed by atoms with Crippen molar-refractivity contribution in [3.8, 4) is 0 Å². The summed E-state index contributed by atoms with van der Waals surface area (Å²) in [5.74, 6) is 0.529. The van der Waals surface area contributed by atoms with Crippen molar-refractivity contribution in [2.24, 2.45) is 7.05 Å². The summed E-state index contributed by atoms with van der Waals surface area (Å²) < 4.78 is 40.9. The lowest BCUT2D eigenvalue weighted by Crippen LogP contribution is -2.46. The monoisotopic (exact) mass is 312 g/mol. The van der Waals surface area contributed by atoms with Crippen LogP contribution in [0.25, 0.3) is 10.9 Å². The van der Waals surface area contributed by atoms with Gasteiger partial charge < -0.3 is 14.4 Å². The Balaban J connectivity index is 2.05. The smallest absolute Gasteiger partial charge is 0.351 e. The van der Waals surface area contributed by atoms with Crippen molar-refractivity contribution >= 4 is 23.1 Å². The van der Waals surface area contributed by atoms with E-state index in [1.807, 2.05) is 4.90 Å². The first-order valence-corrected chi connectivity index (χ1v) is 6.87. The maximum Gasteiger partial charge on any atom is 0.418 e. The van der Waals surface area contributed by atoms with Crippen LogP contribution in [0.5, 0.6) is 0 Å². The van der Waals surface area contributed by atoms with Gasteiger partial charge in [0.15, 0.2) is 5.82 Å². The maximum atomic E-state index is 13.1. The molecule has 1 aliphatic rings. The number of pyridine rings is 1. The fraction of sp³-hybridized carbons (Fsp3) is 0.429. The second kappa shape index (κ2) is 5.19. The molecule has 0 unspecified atom stereocenters. The van der Waals surface area contributed by atoms with Gasteiger partial charge in [-0.1, -0.05) is 0 Å². The van der Waals surface area contributed by atoms with Gasteiger partial charge in [-0.2, -0.15) is 13.2 Å². The third kappa shape index (κ3) is 2.38. The van der Waals surface area contributed by atoms with Gasteiger partial charge in [-0.25, -0.2) is 4.98 Å². The molecule has 1 aliphatic heterocycles.